The molecule has 0 amide bonds. The Morgan fingerprint density at radius 2 is 2.10 bits per heavy atom. The molecule has 0 spiro atoms. The van der Waals surface area contributed by atoms with E-state index in [1.807, 2.05) is 19.2 Å². The molecule has 116 valence electrons. The molecular formula is C13H19N3O3S2. The molecule has 2 N–H and O–H groups in total. The van der Waals surface area contributed by atoms with Crippen molar-refractivity contribution in [1.82, 2.24) is 15.0 Å². The van der Waals surface area contributed by atoms with E-state index in [1.54, 1.807) is 13.0 Å². The maximum Gasteiger partial charge on any atom is 0.244 e. The van der Waals surface area contributed by atoms with Gasteiger partial charge < -0.3 is 9.73 Å². The standard InChI is InChI=1S/C13H19N3O3S2/c1-4-14-7-12-5-13(9(2)19-12)21(17,18)15-6-11-8-20-10(3)16-11/h5,8,14-15H,4,6-7H2,1-3H3. The van der Waals surface area contributed by atoms with Crippen molar-refractivity contribution in [3.63, 3.8) is 0 Å². The van der Waals surface area contributed by atoms with Crippen LogP contribution in [0.4, 0.5) is 0 Å². The number of rotatable bonds is 7. The van der Waals surface area contributed by atoms with E-state index in [4.69, 9.17) is 4.42 Å². The maximum atomic E-state index is 12.3. The Bertz CT molecular complexity index is 704. The fraction of sp³-hybridized carbons (Fsp3) is 0.462. The molecule has 0 unspecified atom stereocenters. The first-order chi connectivity index (χ1) is 9.92. The Hall–Kier alpha value is -1.22. The molecular weight excluding hydrogens is 310 g/mol. The zero-order valence-electron chi connectivity index (χ0n) is 12.3. The van der Waals surface area contributed by atoms with Crippen LogP contribution in [0.2, 0.25) is 0 Å². The van der Waals surface area contributed by atoms with E-state index < -0.39 is 10.0 Å². The average Bonchev–Trinajstić information content (AvgIpc) is 3.00. The van der Waals surface area contributed by atoms with Crippen LogP contribution < -0.4 is 10.0 Å². The highest BCUT2D eigenvalue weighted by atomic mass is 32.2. The predicted molar refractivity (Wildman–Crippen MR) is 81.7 cm³/mol. The van der Waals surface area contributed by atoms with Crippen molar-refractivity contribution in [2.75, 3.05) is 6.54 Å². The van der Waals surface area contributed by atoms with Gasteiger partial charge in [0.2, 0.25) is 10.0 Å². The Labute approximate surface area is 128 Å². The normalized spacial score (nSPS) is 12.0. The molecule has 0 aliphatic carbocycles. The lowest BCUT2D eigenvalue weighted by Gasteiger charge is -2.03. The smallest absolute Gasteiger partial charge is 0.244 e. The first-order valence-corrected chi connectivity index (χ1v) is 8.99. The zero-order valence-corrected chi connectivity index (χ0v) is 13.9. The van der Waals surface area contributed by atoms with Gasteiger partial charge in [-0.15, -0.1) is 11.3 Å². The number of hydrogen-bond acceptors (Lipinski definition) is 6. The fourth-order valence-electron chi connectivity index (χ4n) is 1.86. The van der Waals surface area contributed by atoms with E-state index in [1.165, 1.54) is 11.3 Å². The lowest BCUT2D eigenvalue weighted by Crippen LogP contribution is -2.23. The van der Waals surface area contributed by atoms with Crippen molar-refractivity contribution >= 4 is 21.4 Å². The second-order valence-corrected chi connectivity index (χ2v) is 7.39. The second-order valence-electron chi connectivity index (χ2n) is 4.60. The van der Waals surface area contributed by atoms with Crippen LogP contribution in [-0.2, 0) is 23.1 Å². The Kier molecular flexibility index (Phi) is 5.15. The Morgan fingerprint density at radius 1 is 1.33 bits per heavy atom. The summed E-state index contributed by atoms with van der Waals surface area (Å²) >= 11 is 1.49. The molecule has 0 aliphatic rings. The predicted octanol–water partition coefficient (Wildman–Crippen LogP) is 1.94. The molecule has 8 heteroatoms. The molecule has 2 aromatic rings. The van der Waals surface area contributed by atoms with Gasteiger partial charge in [-0.3, -0.25) is 0 Å². The zero-order chi connectivity index (χ0) is 15.5. The number of thiazole rings is 1. The number of nitrogens with zero attached hydrogens (tertiary/aromatic N) is 1. The third kappa shape index (κ3) is 4.13. The molecule has 0 aromatic carbocycles. The summed E-state index contributed by atoms with van der Waals surface area (Å²) in [6.07, 6.45) is 0. The van der Waals surface area contributed by atoms with E-state index in [9.17, 15) is 8.42 Å². The van der Waals surface area contributed by atoms with E-state index in [-0.39, 0.29) is 11.4 Å². The van der Waals surface area contributed by atoms with Crippen LogP contribution in [0.3, 0.4) is 0 Å². The summed E-state index contributed by atoms with van der Waals surface area (Å²) in [7, 11) is -3.59. The van der Waals surface area contributed by atoms with Crippen LogP contribution in [0.15, 0.2) is 20.8 Å². The van der Waals surface area contributed by atoms with Crippen molar-refractivity contribution in [3.05, 3.63) is 33.7 Å². The highest BCUT2D eigenvalue weighted by Gasteiger charge is 2.21. The Morgan fingerprint density at radius 3 is 2.71 bits per heavy atom. The minimum absolute atomic E-state index is 0.180. The third-order valence-electron chi connectivity index (χ3n) is 2.87. The van der Waals surface area contributed by atoms with Crippen molar-refractivity contribution in [2.45, 2.75) is 38.8 Å². The quantitative estimate of drug-likeness (QED) is 0.811. The summed E-state index contributed by atoms with van der Waals surface area (Å²) in [4.78, 5) is 4.42. The van der Waals surface area contributed by atoms with Gasteiger partial charge in [0.25, 0.3) is 0 Å². The summed E-state index contributed by atoms with van der Waals surface area (Å²) in [5.74, 6) is 1.00. The molecule has 0 saturated carbocycles. The average molecular weight is 329 g/mol. The van der Waals surface area contributed by atoms with Crippen LogP contribution in [0.25, 0.3) is 0 Å². The van der Waals surface area contributed by atoms with Gasteiger partial charge in [0, 0.05) is 11.4 Å². The van der Waals surface area contributed by atoms with Crippen molar-refractivity contribution < 1.29 is 12.8 Å². The van der Waals surface area contributed by atoms with E-state index in [0.29, 0.717) is 18.1 Å². The van der Waals surface area contributed by atoms with E-state index in [2.05, 4.69) is 15.0 Å². The Balaban J connectivity index is 2.09. The number of furan rings is 1. The minimum atomic E-state index is -3.59. The monoisotopic (exact) mass is 329 g/mol. The summed E-state index contributed by atoms with van der Waals surface area (Å²) < 4.78 is 32.6. The van der Waals surface area contributed by atoms with Crippen LogP contribution in [0, 0.1) is 13.8 Å². The van der Waals surface area contributed by atoms with Gasteiger partial charge in [-0.25, -0.2) is 18.1 Å². The highest BCUT2D eigenvalue weighted by Crippen LogP contribution is 2.20. The lowest BCUT2D eigenvalue weighted by molar-refractivity contribution is 0.460. The number of hydrogen-bond donors (Lipinski definition) is 2. The van der Waals surface area contributed by atoms with Gasteiger partial charge in [-0.2, -0.15) is 0 Å². The van der Waals surface area contributed by atoms with Crippen LogP contribution in [-0.4, -0.2) is 19.9 Å². The van der Waals surface area contributed by atoms with Crippen LogP contribution in [0.1, 0.15) is 29.1 Å². The van der Waals surface area contributed by atoms with E-state index >= 15 is 0 Å². The SMILES string of the molecule is CCNCc1cc(S(=O)(=O)NCc2csc(C)n2)c(C)o1. The van der Waals surface area contributed by atoms with Gasteiger partial charge >= 0.3 is 0 Å². The van der Waals surface area contributed by atoms with Crippen molar-refractivity contribution in [1.29, 1.82) is 0 Å². The molecule has 0 aliphatic heterocycles. The number of aromatic nitrogens is 1. The van der Waals surface area contributed by atoms with Crippen LogP contribution in [0.5, 0.6) is 0 Å². The lowest BCUT2D eigenvalue weighted by atomic mass is 10.4. The van der Waals surface area contributed by atoms with Gasteiger partial charge in [-0.05, 0) is 20.4 Å². The van der Waals surface area contributed by atoms with Crippen LogP contribution >= 0.6 is 11.3 Å². The van der Waals surface area contributed by atoms with Gasteiger partial charge in [0.1, 0.15) is 16.4 Å². The summed E-state index contributed by atoms with van der Waals surface area (Å²) in [5.41, 5.74) is 0.718. The first kappa shape index (κ1) is 16.2. The van der Waals surface area contributed by atoms with Crippen molar-refractivity contribution in [2.24, 2.45) is 0 Å². The molecule has 0 radical (unpaired) electrons. The maximum absolute atomic E-state index is 12.3. The third-order valence-corrected chi connectivity index (χ3v) is 5.20. The summed E-state index contributed by atoms with van der Waals surface area (Å²) in [6.45, 7) is 7.00. The summed E-state index contributed by atoms with van der Waals surface area (Å²) in [6, 6.07) is 1.56. The molecule has 0 atom stereocenters. The molecule has 0 saturated heterocycles. The number of nitrogens with one attached hydrogen (secondary N) is 2. The number of sulfonamides is 1. The summed E-state index contributed by atoms with van der Waals surface area (Å²) in [5, 5.41) is 5.86. The second kappa shape index (κ2) is 6.69. The molecule has 2 rings (SSSR count). The first-order valence-electron chi connectivity index (χ1n) is 6.63. The number of aryl methyl sites for hydroxylation is 2. The molecule has 2 aromatic heterocycles. The molecule has 21 heavy (non-hydrogen) atoms. The van der Waals surface area contributed by atoms with Gasteiger partial charge in [-0.1, -0.05) is 6.92 Å². The topological polar surface area (TPSA) is 84.2 Å². The largest absolute Gasteiger partial charge is 0.464 e. The van der Waals surface area contributed by atoms with E-state index in [0.717, 1.165) is 17.2 Å². The minimum Gasteiger partial charge on any atom is -0.464 e. The molecule has 0 bridgehead atoms. The molecule has 0 fully saturated rings. The van der Waals surface area contributed by atoms with Gasteiger partial charge in [0.15, 0.2) is 0 Å². The highest BCUT2D eigenvalue weighted by molar-refractivity contribution is 7.89. The van der Waals surface area contributed by atoms with Crippen molar-refractivity contribution in [3.8, 4) is 0 Å². The molecule has 6 nitrogen and oxygen atoms in total. The fourth-order valence-corrected chi connectivity index (χ4v) is 3.68. The van der Waals surface area contributed by atoms with Gasteiger partial charge in [0.05, 0.1) is 23.8 Å². The molecule has 2 heterocycles.